The van der Waals surface area contributed by atoms with Gasteiger partial charge in [0, 0.05) is 6.04 Å². The van der Waals surface area contributed by atoms with Gasteiger partial charge in [0.05, 0.1) is 0 Å². The SMILES string of the molecule is CC(C)C(N)C1(CN)CC1. The quantitative estimate of drug-likeness (QED) is 0.609. The van der Waals surface area contributed by atoms with Gasteiger partial charge in [0.2, 0.25) is 0 Å². The van der Waals surface area contributed by atoms with Crippen LogP contribution in [-0.2, 0) is 0 Å². The summed E-state index contributed by atoms with van der Waals surface area (Å²) < 4.78 is 0. The number of nitrogens with two attached hydrogens (primary N) is 2. The Bertz CT molecular complexity index is 116. The number of rotatable bonds is 3. The summed E-state index contributed by atoms with van der Waals surface area (Å²) in [6, 6.07) is 0.317. The van der Waals surface area contributed by atoms with Crippen molar-refractivity contribution in [2.45, 2.75) is 32.7 Å². The first kappa shape index (κ1) is 8.02. The fourth-order valence-electron chi connectivity index (χ4n) is 1.54. The highest BCUT2D eigenvalue weighted by atomic mass is 14.8. The van der Waals surface area contributed by atoms with Crippen molar-refractivity contribution in [3.05, 3.63) is 0 Å². The van der Waals surface area contributed by atoms with Crippen molar-refractivity contribution >= 4 is 0 Å². The third-order valence-electron chi connectivity index (χ3n) is 2.72. The van der Waals surface area contributed by atoms with Gasteiger partial charge in [-0.05, 0) is 30.7 Å². The molecule has 0 bridgehead atoms. The van der Waals surface area contributed by atoms with Gasteiger partial charge in [0.1, 0.15) is 0 Å². The van der Waals surface area contributed by atoms with Crippen LogP contribution in [0.25, 0.3) is 0 Å². The van der Waals surface area contributed by atoms with Crippen LogP contribution in [0.2, 0.25) is 0 Å². The fourth-order valence-corrected chi connectivity index (χ4v) is 1.54. The molecular formula is C8H18N2. The molecule has 10 heavy (non-hydrogen) atoms. The van der Waals surface area contributed by atoms with E-state index in [-0.39, 0.29) is 0 Å². The minimum atomic E-state index is 0.317. The molecule has 0 aliphatic heterocycles. The van der Waals surface area contributed by atoms with E-state index in [2.05, 4.69) is 13.8 Å². The first-order valence-electron chi connectivity index (χ1n) is 4.08. The Kier molecular flexibility index (Phi) is 2.02. The lowest BCUT2D eigenvalue weighted by Crippen LogP contribution is -2.40. The maximum Gasteiger partial charge on any atom is 0.0131 e. The van der Waals surface area contributed by atoms with Crippen LogP contribution < -0.4 is 11.5 Å². The van der Waals surface area contributed by atoms with E-state index in [1.54, 1.807) is 0 Å². The number of hydrogen-bond donors (Lipinski definition) is 2. The van der Waals surface area contributed by atoms with Gasteiger partial charge in [-0.1, -0.05) is 13.8 Å². The number of hydrogen-bond acceptors (Lipinski definition) is 2. The molecule has 1 saturated carbocycles. The molecule has 0 aromatic heterocycles. The molecule has 0 aromatic rings. The Hall–Kier alpha value is -0.0800. The van der Waals surface area contributed by atoms with E-state index >= 15 is 0 Å². The molecular weight excluding hydrogens is 124 g/mol. The lowest BCUT2D eigenvalue weighted by atomic mass is 9.88. The molecule has 2 nitrogen and oxygen atoms in total. The molecule has 4 N–H and O–H groups in total. The zero-order valence-electron chi connectivity index (χ0n) is 6.93. The summed E-state index contributed by atoms with van der Waals surface area (Å²) in [4.78, 5) is 0. The normalized spacial score (nSPS) is 24.9. The molecule has 0 spiro atoms. The maximum absolute atomic E-state index is 5.99. The predicted molar refractivity (Wildman–Crippen MR) is 43.5 cm³/mol. The molecule has 1 rings (SSSR count). The first-order valence-corrected chi connectivity index (χ1v) is 4.08. The van der Waals surface area contributed by atoms with Crippen LogP contribution in [-0.4, -0.2) is 12.6 Å². The average Bonchev–Trinajstić information content (AvgIpc) is 2.66. The van der Waals surface area contributed by atoms with E-state index in [0.717, 1.165) is 6.54 Å². The molecule has 0 radical (unpaired) electrons. The smallest absolute Gasteiger partial charge is 0.0131 e. The van der Waals surface area contributed by atoms with E-state index in [9.17, 15) is 0 Å². The van der Waals surface area contributed by atoms with Gasteiger partial charge in [-0.15, -0.1) is 0 Å². The van der Waals surface area contributed by atoms with Crippen molar-refractivity contribution < 1.29 is 0 Å². The van der Waals surface area contributed by atoms with Gasteiger partial charge < -0.3 is 11.5 Å². The van der Waals surface area contributed by atoms with Crippen molar-refractivity contribution in [1.29, 1.82) is 0 Å². The van der Waals surface area contributed by atoms with E-state index < -0.39 is 0 Å². The molecule has 1 aliphatic carbocycles. The lowest BCUT2D eigenvalue weighted by molar-refractivity contribution is 0.327. The molecule has 0 amide bonds. The van der Waals surface area contributed by atoms with Crippen molar-refractivity contribution in [3.63, 3.8) is 0 Å². The Morgan fingerprint density at radius 2 is 1.90 bits per heavy atom. The first-order chi connectivity index (χ1) is 4.62. The summed E-state index contributed by atoms with van der Waals surface area (Å²) in [6.45, 7) is 5.10. The lowest BCUT2D eigenvalue weighted by Gasteiger charge is -2.24. The third-order valence-corrected chi connectivity index (χ3v) is 2.72. The van der Waals surface area contributed by atoms with E-state index in [0.29, 0.717) is 17.4 Å². The zero-order valence-corrected chi connectivity index (χ0v) is 6.93. The van der Waals surface area contributed by atoms with Crippen LogP contribution in [0.15, 0.2) is 0 Å². The van der Waals surface area contributed by atoms with E-state index in [1.807, 2.05) is 0 Å². The van der Waals surface area contributed by atoms with E-state index in [4.69, 9.17) is 11.5 Å². The van der Waals surface area contributed by atoms with Crippen molar-refractivity contribution in [3.8, 4) is 0 Å². The summed E-state index contributed by atoms with van der Waals surface area (Å²) in [7, 11) is 0. The minimum Gasteiger partial charge on any atom is -0.330 e. The summed E-state index contributed by atoms with van der Waals surface area (Å²) in [5, 5.41) is 0. The highest BCUT2D eigenvalue weighted by Crippen LogP contribution is 2.48. The van der Waals surface area contributed by atoms with Crippen molar-refractivity contribution in [1.82, 2.24) is 0 Å². The molecule has 1 unspecified atom stereocenters. The maximum atomic E-state index is 5.99. The Balaban J connectivity index is 2.47. The monoisotopic (exact) mass is 142 g/mol. The van der Waals surface area contributed by atoms with Crippen LogP contribution in [0.1, 0.15) is 26.7 Å². The second-order valence-corrected chi connectivity index (χ2v) is 3.84. The molecule has 0 saturated heterocycles. The topological polar surface area (TPSA) is 52.0 Å². The second kappa shape index (κ2) is 2.51. The van der Waals surface area contributed by atoms with Crippen molar-refractivity contribution in [2.75, 3.05) is 6.54 Å². The van der Waals surface area contributed by atoms with Gasteiger partial charge in [-0.3, -0.25) is 0 Å². The van der Waals surface area contributed by atoms with Crippen LogP contribution in [0.3, 0.4) is 0 Å². The van der Waals surface area contributed by atoms with Gasteiger partial charge in [-0.25, -0.2) is 0 Å². The molecule has 1 aliphatic rings. The summed E-state index contributed by atoms with van der Waals surface area (Å²) in [6.07, 6.45) is 2.48. The summed E-state index contributed by atoms with van der Waals surface area (Å²) in [5.41, 5.74) is 11.9. The average molecular weight is 142 g/mol. The zero-order chi connectivity index (χ0) is 7.78. The Labute approximate surface area is 63.0 Å². The van der Waals surface area contributed by atoms with Crippen molar-refractivity contribution in [2.24, 2.45) is 22.8 Å². The molecule has 60 valence electrons. The predicted octanol–water partition coefficient (Wildman–Crippen LogP) is 0.709. The fraction of sp³-hybridized carbons (Fsp3) is 1.00. The molecule has 0 heterocycles. The highest BCUT2D eigenvalue weighted by Gasteiger charge is 2.47. The standard InChI is InChI=1S/C8H18N2/c1-6(2)7(10)8(5-9)3-4-8/h6-7H,3-5,9-10H2,1-2H3. The molecule has 1 atom stereocenters. The van der Waals surface area contributed by atoms with Crippen LogP contribution >= 0.6 is 0 Å². The second-order valence-electron chi connectivity index (χ2n) is 3.84. The van der Waals surface area contributed by atoms with Crippen LogP contribution in [0.5, 0.6) is 0 Å². The summed E-state index contributed by atoms with van der Waals surface area (Å²) in [5.74, 6) is 0.575. The third kappa shape index (κ3) is 1.18. The van der Waals surface area contributed by atoms with E-state index in [1.165, 1.54) is 12.8 Å². The molecule has 1 fully saturated rings. The molecule has 2 heteroatoms. The van der Waals surface area contributed by atoms with Crippen LogP contribution in [0.4, 0.5) is 0 Å². The van der Waals surface area contributed by atoms with Gasteiger partial charge in [0.25, 0.3) is 0 Å². The highest BCUT2D eigenvalue weighted by molar-refractivity contribution is 5.02. The van der Waals surface area contributed by atoms with Gasteiger partial charge in [-0.2, -0.15) is 0 Å². The summed E-state index contributed by atoms with van der Waals surface area (Å²) >= 11 is 0. The van der Waals surface area contributed by atoms with Crippen LogP contribution in [0, 0.1) is 11.3 Å². The largest absolute Gasteiger partial charge is 0.330 e. The van der Waals surface area contributed by atoms with Gasteiger partial charge in [0.15, 0.2) is 0 Å². The Morgan fingerprint density at radius 3 is 2.00 bits per heavy atom. The minimum absolute atomic E-state index is 0.317. The van der Waals surface area contributed by atoms with Gasteiger partial charge >= 0.3 is 0 Å². The molecule has 0 aromatic carbocycles. The Morgan fingerprint density at radius 1 is 1.40 bits per heavy atom.